The summed E-state index contributed by atoms with van der Waals surface area (Å²) in [6.45, 7) is 0.536. The Hall–Kier alpha value is -2.56. The first kappa shape index (κ1) is 17.3. The lowest BCUT2D eigenvalue weighted by Crippen LogP contribution is -2.37. The molecule has 2 amide bonds. The van der Waals surface area contributed by atoms with Crippen LogP contribution in [0.5, 0.6) is 0 Å². The van der Waals surface area contributed by atoms with Crippen molar-refractivity contribution in [2.24, 2.45) is 0 Å². The molecule has 0 aliphatic rings. The van der Waals surface area contributed by atoms with E-state index in [-0.39, 0.29) is 12.6 Å². The highest BCUT2D eigenvalue weighted by Crippen LogP contribution is 2.23. The minimum atomic E-state index is -0.771. The van der Waals surface area contributed by atoms with Crippen LogP contribution < -0.4 is 10.6 Å². The third-order valence-electron chi connectivity index (χ3n) is 4.00. The van der Waals surface area contributed by atoms with Crippen LogP contribution >= 0.6 is 11.6 Å². The topological polar surface area (TPSA) is 61.4 Å². The van der Waals surface area contributed by atoms with E-state index in [1.807, 2.05) is 54.6 Å². The Bertz CT molecular complexity index is 860. The van der Waals surface area contributed by atoms with E-state index in [4.69, 9.17) is 11.6 Å². The molecule has 3 rings (SSSR count). The second kappa shape index (κ2) is 8.01. The van der Waals surface area contributed by atoms with Crippen molar-refractivity contribution >= 4 is 28.4 Å². The Morgan fingerprint density at radius 3 is 2.48 bits per heavy atom. The van der Waals surface area contributed by atoms with Gasteiger partial charge in [0.2, 0.25) is 0 Å². The molecular weight excluding hydrogens is 336 g/mol. The van der Waals surface area contributed by atoms with E-state index in [0.29, 0.717) is 11.6 Å². The van der Waals surface area contributed by atoms with Crippen LogP contribution in [0.25, 0.3) is 10.8 Å². The number of aliphatic hydroxyl groups excluding tert-OH is 1. The predicted octanol–water partition coefficient (Wildman–Crippen LogP) is 4.03. The predicted molar refractivity (Wildman–Crippen MR) is 101 cm³/mol. The fourth-order valence-corrected chi connectivity index (χ4v) is 2.81. The molecule has 25 heavy (non-hydrogen) atoms. The van der Waals surface area contributed by atoms with Crippen molar-refractivity contribution in [3.05, 3.63) is 82.9 Å². The van der Waals surface area contributed by atoms with E-state index in [1.165, 1.54) is 0 Å². The number of rotatable bonds is 5. The number of nitrogens with one attached hydrogen (secondary N) is 2. The maximum atomic E-state index is 11.9. The molecule has 3 N–H and O–H groups in total. The van der Waals surface area contributed by atoms with Gasteiger partial charge in [0.1, 0.15) is 0 Å². The van der Waals surface area contributed by atoms with Crippen LogP contribution in [0.4, 0.5) is 4.79 Å². The third-order valence-corrected chi connectivity index (χ3v) is 4.26. The molecule has 128 valence electrons. The molecule has 3 aromatic rings. The van der Waals surface area contributed by atoms with Gasteiger partial charge in [-0.2, -0.15) is 0 Å². The first-order valence-corrected chi connectivity index (χ1v) is 8.43. The number of hydrogen-bond donors (Lipinski definition) is 3. The standard InChI is InChI=1S/C20H19ClN2O2/c21-16-10-8-14(9-11-16)12-22-20(25)23-13-19(24)18-7-3-5-15-4-1-2-6-17(15)18/h1-11,19,24H,12-13H2,(H2,22,23,25). The molecule has 0 saturated carbocycles. The number of carbonyl (C=O) groups excluding carboxylic acids is 1. The Morgan fingerprint density at radius 2 is 1.68 bits per heavy atom. The van der Waals surface area contributed by atoms with Gasteiger partial charge in [0, 0.05) is 18.1 Å². The largest absolute Gasteiger partial charge is 0.387 e. The van der Waals surface area contributed by atoms with E-state index >= 15 is 0 Å². The van der Waals surface area contributed by atoms with Gasteiger partial charge in [-0.1, -0.05) is 66.2 Å². The van der Waals surface area contributed by atoms with Crippen LogP contribution in [-0.4, -0.2) is 17.7 Å². The quantitative estimate of drug-likeness (QED) is 0.648. The second-order valence-corrected chi connectivity index (χ2v) is 6.21. The highest BCUT2D eigenvalue weighted by Gasteiger charge is 2.12. The van der Waals surface area contributed by atoms with Gasteiger partial charge in [-0.05, 0) is 34.0 Å². The summed E-state index contributed by atoms with van der Waals surface area (Å²) < 4.78 is 0. The van der Waals surface area contributed by atoms with Crippen LogP contribution in [0, 0.1) is 0 Å². The first-order chi connectivity index (χ1) is 12.1. The number of halogens is 1. The summed E-state index contributed by atoms with van der Waals surface area (Å²) in [4.78, 5) is 11.9. The van der Waals surface area contributed by atoms with Crippen LogP contribution in [0.2, 0.25) is 5.02 Å². The zero-order chi connectivity index (χ0) is 17.6. The molecule has 4 nitrogen and oxygen atoms in total. The monoisotopic (exact) mass is 354 g/mol. The van der Waals surface area contributed by atoms with E-state index < -0.39 is 6.10 Å². The average Bonchev–Trinajstić information content (AvgIpc) is 2.65. The average molecular weight is 355 g/mol. The summed E-state index contributed by atoms with van der Waals surface area (Å²) in [5, 5.41) is 18.6. The van der Waals surface area contributed by atoms with E-state index in [2.05, 4.69) is 10.6 Å². The van der Waals surface area contributed by atoms with Crippen molar-refractivity contribution in [1.29, 1.82) is 0 Å². The molecule has 1 unspecified atom stereocenters. The van der Waals surface area contributed by atoms with Crippen molar-refractivity contribution < 1.29 is 9.90 Å². The maximum absolute atomic E-state index is 11.9. The van der Waals surface area contributed by atoms with Crippen molar-refractivity contribution in [2.45, 2.75) is 12.6 Å². The Balaban J connectivity index is 1.55. The van der Waals surface area contributed by atoms with Gasteiger partial charge in [0.15, 0.2) is 0 Å². The molecule has 1 atom stereocenters. The van der Waals surface area contributed by atoms with Gasteiger partial charge < -0.3 is 15.7 Å². The third kappa shape index (κ3) is 4.50. The molecule has 0 radical (unpaired) electrons. The summed E-state index contributed by atoms with van der Waals surface area (Å²) >= 11 is 5.83. The Kier molecular flexibility index (Phi) is 5.53. The van der Waals surface area contributed by atoms with Gasteiger partial charge in [-0.3, -0.25) is 0 Å². The molecule has 0 saturated heterocycles. The molecule has 0 aliphatic carbocycles. The zero-order valence-corrected chi connectivity index (χ0v) is 14.3. The number of urea groups is 1. The molecule has 0 aliphatic heterocycles. The van der Waals surface area contributed by atoms with Gasteiger partial charge in [0.05, 0.1) is 6.10 Å². The summed E-state index contributed by atoms with van der Waals surface area (Å²) in [7, 11) is 0. The summed E-state index contributed by atoms with van der Waals surface area (Å²) in [5.74, 6) is 0. The molecular formula is C20H19ClN2O2. The fourth-order valence-electron chi connectivity index (χ4n) is 2.69. The molecule has 0 heterocycles. The van der Waals surface area contributed by atoms with E-state index in [9.17, 15) is 9.90 Å². The van der Waals surface area contributed by atoms with Crippen LogP contribution in [0.15, 0.2) is 66.7 Å². The van der Waals surface area contributed by atoms with Crippen molar-refractivity contribution in [3.8, 4) is 0 Å². The Morgan fingerprint density at radius 1 is 0.960 bits per heavy atom. The lowest BCUT2D eigenvalue weighted by Gasteiger charge is -2.15. The lowest BCUT2D eigenvalue weighted by atomic mass is 10.0. The van der Waals surface area contributed by atoms with Gasteiger partial charge in [-0.25, -0.2) is 4.79 Å². The fraction of sp³-hybridized carbons (Fsp3) is 0.150. The molecule has 0 spiro atoms. The summed E-state index contributed by atoms with van der Waals surface area (Å²) in [6, 6.07) is 20.6. The summed E-state index contributed by atoms with van der Waals surface area (Å²) in [6.07, 6.45) is -0.771. The van der Waals surface area contributed by atoms with Crippen molar-refractivity contribution in [3.63, 3.8) is 0 Å². The van der Waals surface area contributed by atoms with E-state index in [0.717, 1.165) is 21.9 Å². The van der Waals surface area contributed by atoms with E-state index in [1.54, 1.807) is 12.1 Å². The SMILES string of the molecule is O=C(NCc1ccc(Cl)cc1)NCC(O)c1cccc2ccccc12. The minimum absolute atomic E-state index is 0.139. The highest BCUT2D eigenvalue weighted by molar-refractivity contribution is 6.30. The molecule has 0 fully saturated rings. The first-order valence-electron chi connectivity index (χ1n) is 8.05. The number of benzene rings is 3. The summed E-state index contributed by atoms with van der Waals surface area (Å²) in [5.41, 5.74) is 1.75. The zero-order valence-electron chi connectivity index (χ0n) is 13.6. The normalized spacial score (nSPS) is 11.9. The maximum Gasteiger partial charge on any atom is 0.315 e. The smallest absolute Gasteiger partial charge is 0.315 e. The van der Waals surface area contributed by atoms with Crippen LogP contribution in [0.1, 0.15) is 17.2 Å². The molecule has 0 aromatic heterocycles. The molecule has 0 bridgehead atoms. The van der Waals surface area contributed by atoms with Crippen LogP contribution in [0.3, 0.4) is 0 Å². The number of amides is 2. The minimum Gasteiger partial charge on any atom is -0.387 e. The number of aliphatic hydroxyl groups is 1. The van der Waals surface area contributed by atoms with Gasteiger partial charge >= 0.3 is 6.03 Å². The number of carbonyl (C=O) groups is 1. The highest BCUT2D eigenvalue weighted by atomic mass is 35.5. The van der Waals surface area contributed by atoms with Crippen LogP contribution in [-0.2, 0) is 6.54 Å². The lowest BCUT2D eigenvalue weighted by molar-refractivity contribution is 0.174. The number of hydrogen-bond acceptors (Lipinski definition) is 2. The van der Waals surface area contributed by atoms with Gasteiger partial charge in [0.25, 0.3) is 0 Å². The van der Waals surface area contributed by atoms with Crippen molar-refractivity contribution in [1.82, 2.24) is 10.6 Å². The second-order valence-electron chi connectivity index (χ2n) is 5.77. The molecule has 3 aromatic carbocycles. The number of fused-ring (bicyclic) bond motifs is 1. The van der Waals surface area contributed by atoms with Crippen molar-refractivity contribution in [2.75, 3.05) is 6.54 Å². The Labute approximate surface area is 151 Å². The van der Waals surface area contributed by atoms with Gasteiger partial charge in [-0.15, -0.1) is 0 Å². The molecule has 5 heteroatoms.